The van der Waals surface area contributed by atoms with Crippen LogP contribution in [0.2, 0.25) is 0 Å². The van der Waals surface area contributed by atoms with Gasteiger partial charge in [-0.2, -0.15) is 0 Å². The van der Waals surface area contributed by atoms with Crippen LogP contribution in [0.3, 0.4) is 0 Å². The quantitative estimate of drug-likeness (QED) is 0.904. The normalized spacial score (nSPS) is 11.0. The topological polar surface area (TPSA) is 24.9 Å². The Morgan fingerprint density at radius 3 is 2.68 bits per heavy atom. The molecule has 0 saturated carbocycles. The molecule has 0 aliphatic heterocycles. The highest BCUT2D eigenvalue weighted by atomic mass is 19.1. The van der Waals surface area contributed by atoms with Crippen molar-refractivity contribution in [1.29, 1.82) is 0 Å². The van der Waals surface area contributed by atoms with E-state index in [-0.39, 0.29) is 5.82 Å². The smallest absolute Gasteiger partial charge is 0.123 e. The van der Waals surface area contributed by atoms with E-state index >= 15 is 0 Å². The summed E-state index contributed by atoms with van der Waals surface area (Å²) < 4.78 is 13.4. The maximum Gasteiger partial charge on any atom is 0.123 e. The molecule has 1 heterocycles. The second-order valence-corrected chi connectivity index (χ2v) is 5.09. The van der Waals surface area contributed by atoms with Crippen LogP contribution < -0.4 is 5.32 Å². The van der Waals surface area contributed by atoms with Crippen molar-refractivity contribution >= 4 is 0 Å². The molecule has 2 nitrogen and oxygen atoms in total. The van der Waals surface area contributed by atoms with E-state index in [2.05, 4.69) is 30.2 Å². The van der Waals surface area contributed by atoms with Gasteiger partial charge in [0.05, 0.1) is 0 Å². The lowest BCUT2D eigenvalue weighted by atomic mass is 10.00. The van der Waals surface area contributed by atoms with Gasteiger partial charge in [-0.05, 0) is 41.8 Å². The number of hydrogen-bond donors (Lipinski definition) is 1. The van der Waals surface area contributed by atoms with Crippen molar-refractivity contribution in [2.24, 2.45) is 0 Å². The van der Waals surface area contributed by atoms with Gasteiger partial charge < -0.3 is 5.32 Å². The van der Waals surface area contributed by atoms with E-state index in [9.17, 15) is 4.39 Å². The van der Waals surface area contributed by atoms with Gasteiger partial charge in [-0.3, -0.25) is 4.98 Å². The number of aryl methyl sites for hydroxylation is 1. The first-order chi connectivity index (χ1) is 9.06. The zero-order valence-electron chi connectivity index (χ0n) is 11.6. The third-order valence-corrected chi connectivity index (χ3v) is 2.95. The van der Waals surface area contributed by atoms with E-state index in [0.717, 1.165) is 22.3 Å². The summed E-state index contributed by atoms with van der Waals surface area (Å²) in [6, 6.07) is 7.35. The molecule has 0 spiro atoms. The van der Waals surface area contributed by atoms with Crippen molar-refractivity contribution < 1.29 is 4.39 Å². The van der Waals surface area contributed by atoms with Crippen LogP contribution in [0.1, 0.15) is 25.0 Å². The summed E-state index contributed by atoms with van der Waals surface area (Å²) in [5.74, 6) is -0.204. The molecule has 0 aliphatic rings. The fourth-order valence-corrected chi connectivity index (χ4v) is 2.01. The van der Waals surface area contributed by atoms with Crippen LogP contribution in [-0.4, -0.2) is 11.0 Å². The first-order valence-corrected chi connectivity index (χ1v) is 6.50. The average molecular weight is 258 g/mol. The van der Waals surface area contributed by atoms with Crippen LogP contribution in [0.5, 0.6) is 0 Å². The van der Waals surface area contributed by atoms with Gasteiger partial charge in [-0.25, -0.2) is 4.39 Å². The Morgan fingerprint density at radius 1 is 1.21 bits per heavy atom. The van der Waals surface area contributed by atoms with Crippen molar-refractivity contribution in [3.8, 4) is 11.1 Å². The molecule has 0 amide bonds. The first kappa shape index (κ1) is 13.7. The molecular weight excluding hydrogens is 239 g/mol. The van der Waals surface area contributed by atoms with Crippen LogP contribution >= 0.6 is 0 Å². The number of benzene rings is 1. The fourth-order valence-electron chi connectivity index (χ4n) is 2.01. The Morgan fingerprint density at radius 2 is 2.00 bits per heavy atom. The fraction of sp³-hybridized carbons (Fsp3) is 0.312. The molecule has 0 bridgehead atoms. The number of nitrogens with zero attached hydrogens (tertiary/aromatic N) is 1. The van der Waals surface area contributed by atoms with Crippen LogP contribution in [-0.2, 0) is 6.54 Å². The molecule has 0 unspecified atom stereocenters. The van der Waals surface area contributed by atoms with Gasteiger partial charge in [0.25, 0.3) is 0 Å². The highest BCUT2D eigenvalue weighted by Crippen LogP contribution is 2.24. The summed E-state index contributed by atoms with van der Waals surface area (Å²) in [5, 5.41) is 3.33. The zero-order valence-corrected chi connectivity index (χ0v) is 11.6. The molecule has 0 radical (unpaired) electrons. The summed E-state index contributed by atoms with van der Waals surface area (Å²) in [6.07, 6.45) is 3.64. The van der Waals surface area contributed by atoms with Crippen molar-refractivity contribution in [2.45, 2.75) is 33.4 Å². The Kier molecular flexibility index (Phi) is 4.27. The molecular formula is C16H19FN2. The first-order valence-electron chi connectivity index (χ1n) is 6.50. The lowest BCUT2D eigenvalue weighted by Gasteiger charge is -2.13. The predicted octanol–water partition coefficient (Wildman–Crippen LogP) is 3.69. The van der Waals surface area contributed by atoms with Gasteiger partial charge in [0.2, 0.25) is 0 Å². The summed E-state index contributed by atoms with van der Waals surface area (Å²) in [6.45, 7) is 6.81. The number of rotatable bonds is 4. The molecule has 0 aliphatic carbocycles. The molecule has 2 rings (SSSR count). The van der Waals surface area contributed by atoms with Crippen molar-refractivity contribution in [1.82, 2.24) is 10.3 Å². The molecule has 1 aromatic heterocycles. The second kappa shape index (κ2) is 5.93. The largest absolute Gasteiger partial charge is 0.310 e. The molecule has 1 aromatic carbocycles. The van der Waals surface area contributed by atoms with E-state index in [0.29, 0.717) is 12.6 Å². The SMILES string of the molecule is Cc1cncc(-c2ccc(F)cc2CNC(C)C)c1. The molecule has 3 heteroatoms. The molecule has 19 heavy (non-hydrogen) atoms. The minimum atomic E-state index is -0.204. The van der Waals surface area contributed by atoms with E-state index in [1.807, 2.05) is 25.4 Å². The van der Waals surface area contributed by atoms with Crippen molar-refractivity contribution in [3.63, 3.8) is 0 Å². The van der Waals surface area contributed by atoms with Crippen LogP contribution in [0.15, 0.2) is 36.7 Å². The summed E-state index contributed by atoms with van der Waals surface area (Å²) in [5.41, 5.74) is 4.12. The lowest BCUT2D eigenvalue weighted by molar-refractivity contribution is 0.582. The van der Waals surface area contributed by atoms with Gasteiger partial charge in [-0.15, -0.1) is 0 Å². The summed E-state index contributed by atoms with van der Waals surface area (Å²) in [4.78, 5) is 4.21. The average Bonchev–Trinajstić information content (AvgIpc) is 2.36. The summed E-state index contributed by atoms with van der Waals surface area (Å²) in [7, 11) is 0. The lowest BCUT2D eigenvalue weighted by Crippen LogP contribution is -2.22. The summed E-state index contributed by atoms with van der Waals surface area (Å²) >= 11 is 0. The van der Waals surface area contributed by atoms with Gasteiger partial charge in [0.1, 0.15) is 5.82 Å². The number of hydrogen-bond acceptors (Lipinski definition) is 2. The number of pyridine rings is 1. The standard InChI is InChI=1S/C16H19FN2/c1-11(2)19-10-14-7-15(17)4-5-16(14)13-6-12(3)8-18-9-13/h4-9,11,19H,10H2,1-3H3. The van der Waals surface area contributed by atoms with Crippen LogP contribution in [0.25, 0.3) is 11.1 Å². The maximum atomic E-state index is 13.4. The zero-order chi connectivity index (χ0) is 13.8. The molecule has 100 valence electrons. The Bertz CT molecular complexity index is 564. The van der Waals surface area contributed by atoms with Crippen LogP contribution in [0, 0.1) is 12.7 Å². The van der Waals surface area contributed by atoms with Crippen molar-refractivity contribution in [3.05, 3.63) is 53.6 Å². The van der Waals surface area contributed by atoms with Gasteiger partial charge in [-0.1, -0.05) is 19.9 Å². The minimum absolute atomic E-state index is 0.204. The van der Waals surface area contributed by atoms with Crippen LogP contribution in [0.4, 0.5) is 4.39 Å². The Labute approximate surface area is 113 Å². The maximum absolute atomic E-state index is 13.4. The van der Waals surface area contributed by atoms with E-state index in [1.54, 1.807) is 6.07 Å². The number of halogens is 1. The van der Waals surface area contributed by atoms with Gasteiger partial charge >= 0.3 is 0 Å². The Hall–Kier alpha value is -1.74. The molecule has 0 fully saturated rings. The monoisotopic (exact) mass is 258 g/mol. The third-order valence-electron chi connectivity index (χ3n) is 2.95. The molecule has 0 saturated heterocycles. The van der Waals surface area contributed by atoms with Gasteiger partial charge in [0, 0.05) is 30.5 Å². The van der Waals surface area contributed by atoms with E-state index < -0.39 is 0 Å². The highest BCUT2D eigenvalue weighted by Gasteiger charge is 2.08. The predicted molar refractivity (Wildman–Crippen MR) is 76.3 cm³/mol. The van der Waals surface area contributed by atoms with E-state index in [4.69, 9.17) is 0 Å². The molecule has 0 atom stereocenters. The number of nitrogens with one attached hydrogen (secondary N) is 1. The van der Waals surface area contributed by atoms with Gasteiger partial charge in [0.15, 0.2) is 0 Å². The van der Waals surface area contributed by atoms with E-state index in [1.165, 1.54) is 6.07 Å². The molecule has 2 aromatic rings. The minimum Gasteiger partial charge on any atom is -0.310 e. The molecule has 1 N–H and O–H groups in total. The second-order valence-electron chi connectivity index (χ2n) is 5.09. The number of aromatic nitrogens is 1. The van der Waals surface area contributed by atoms with Crippen molar-refractivity contribution in [2.75, 3.05) is 0 Å². The highest BCUT2D eigenvalue weighted by molar-refractivity contribution is 5.67. The third kappa shape index (κ3) is 3.61. The Balaban J connectivity index is 2.38.